The summed E-state index contributed by atoms with van der Waals surface area (Å²) in [6.45, 7) is 8.15. The Balaban J connectivity index is 1.91. The van der Waals surface area contributed by atoms with E-state index < -0.39 is 6.10 Å². The summed E-state index contributed by atoms with van der Waals surface area (Å²) in [6.07, 6.45) is -0.411. The maximum absolute atomic E-state index is 9.70. The van der Waals surface area contributed by atoms with Crippen molar-refractivity contribution in [1.29, 1.82) is 0 Å². The molecule has 1 aliphatic heterocycles. The summed E-state index contributed by atoms with van der Waals surface area (Å²) in [6, 6.07) is 7.61. The molecular formula is C15H23NO3. The van der Waals surface area contributed by atoms with Gasteiger partial charge in [-0.15, -0.1) is 0 Å². The highest BCUT2D eigenvalue weighted by molar-refractivity contribution is 5.34. The van der Waals surface area contributed by atoms with Crippen molar-refractivity contribution in [3.05, 3.63) is 29.8 Å². The van der Waals surface area contributed by atoms with Crippen molar-refractivity contribution in [3.8, 4) is 5.75 Å². The van der Waals surface area contributed by atoms with Crippen molar-refractivity contribution >= 4 is 0 Å². The van der Waals surface area contributed by atoms with E-state index >= 15 is 0 Å². The van der Waals surface area contributed by atoms with Gasteiger partial charge in [0.05, 0.1) is 12.7 Å². The molecule has 1 fully saturated rings. The van der Waals surface area contributed by atoms with Gasteiger partial charge in [0.15, 0.2) is 0 Å². The molecule has 0 bridgehead atoms. The van der Waals surface area contributed by atoms with Crippen LogP contribution in [0.1, 0.15) is 25.5 Å². The van der Waals surface area contributed by atoms with Crippen LogP contribution in [0.25, 0.3) is 0 Å². The summed E-state index contributed by atoms with van der Waals surface area (Å²) in [5.41, 5.74) is 0.825. The molecule has 0 amide bonds. The minimum Gasteiger partial charge on any atom is -0.490 e. The minimum absolute atomic E-state index is 0.107. The van der Waals surface area contributed by atoms with Crippen LogP contribution in [-0.2, 0) is 4.74 Å². The SMILES string of the molecule is CCN1CCOC(COc2ccccc2[C@@H](C)O)C1. The number of aliphatic hydroxyl groups is 1. The molecule has 4 heteroatoms. The molecule has 1 saturated heterocycles. The number of aliphatic hydroxyl groups excluding tert-OH is 1. The first-order chi connectivity index (χ1) is 9.20. The number of morpholine rings is 1. The number of para-hydroxylation sites is 1. The maximum atomic E-state index is 9.70. The van der Waals surface area contributed by atoms with Crippen LogP contribution in [0.15, 0.2) is 24.3 Å². The molecule has 1 unspecified atom stereocenters. The lowest BCUT2D eigenvalue weighted by Crippen LogP contribution is -2.44. The standard InChI is InChI=1S/C15H23NO3/c1-3-16-8-9-18-13(10-16)11-19-15-7-5-4-6-14(15)12(2)17/h4-7,12-13,17H,3,8-11H2,1-2H3/t12-,13?/m1/s1. The van der Waals surface area contributed by atoms with Gasteiger partial charge in [-0.2, -0.15) is 0 Å². The van der Waals surface area contributed by atoms with Crippen LogP contribution in [0.5, 0.6) is 5.75 Å². The Labute approximate surface area is 114 Å². The molecule has 0 aromatic heterocycles. The summed E-state index contributed by atoms with van der Waals surface area (Å²) in [7, 11) is 0. The highest BCUT2D eigenvalue weighted by Gasteiger charge is 2.20. The molecule has 0 saturated carbocycles. The fraction of sp³-hybridized carbons (Fsp3) is 0.600. The summed E-state index contributed by atoms with van der Waals surface area (Å²) >= 11 is 0. The Morgan fingerprint density at radius 1 is 1.47 bits per heavy atom. The highest BCUT2D eigenvalue weighted by atomic mass is 16.5. The van der Waals surface area contributed by atoms with Crippen LogP contribution in [0.4, 0.5) is 0 Å². The number of benzene rings is 1. The van der Waals surface area contributed by atoms with E-state index in [1.54, 1.807) is 6.92 Å². The zero-order valence-corrected chi connectivity index (χ0v) is 11.7. The molecule has 0 aliphatic carbocycles. The molecule has 1 aromatic rings. The lowest BCUT2D eigenvalue weighted by Gasteiger charge is -2.32. The molecule has 1 aromatic carbocycles. The quantitative estimate of drug-likeness (QED) is 0.882. The Hall–Kier alpha value is -1.10. The van der Waals surface area contributed by atoms with Crippen LogP contribution in [0, 0.1) is 0 Å². The number of hydrogen-bond acceptors (Lipinski definition) is 4. The topological polar surface area (TPSA) is 41.9 Å². The smallest absolute Gasteiger partial charge is 0.125 e. The third kappa shape index (κ3) is 3.93. The third-order valence-corrected chi connectivity index (χ3v) is 3.46. The third-order valence-electron chi connectivity index (χ3n) is 3.46. The van der Waals surface area contributed by atoms with E-state index in [-0.39, 0.29) is 6.10 Å². The van der Waals surface area contributed by atoms with Gasteiger partial charge >= 0.3 is 0 Å². The van der Waals surface area contributed by atoms with E-state index in [0.717, 1.165) is 37.6 Å². The second kappa shape index (κ2) is 6.89. The van der Waals surface area contributed by atoms with Gasteiger partial charge in [0.1, 0.15) is 18.5 Å². The molecule has 2 rings (SSSR count). The Morgan fingerprint density at radius 3 is 3.00 bits per heavy atom. The van der Waals surface area contributed by atoms with Gasteiger partial charge in [0, 0.05) is 18.7 Å². The molecule has 106 valence electrons. The molecule has 0 spiro atoms. The van der Waals surface area contributed by atoms with Gasteiger partial charge < -0.3 is 14.6 Å². The first kappa shape index (κ1) is 14.3. The molecule has 4 nitrogen and oxygen atoms in total. The average Bonchev–Trinajstić information content (AvgIpc) is 2.45. The summed E-state index contributed by atoms with van der Waals surface area (Å²) in [4.78, 5) is 2.36. The number of nitrogens with zero attached hydrogens (tertiary/aromatic N) is 1. The van der Waals surface area contributed by atoms with E-state index in [1.807, 2.05) is 24.3 Å². The van der Waals surface area contributed by atoms with Crippen molar-refractivity contribution in [2.24, 2.45) is 0 Å². The molecule has 19 heavy (non-hydrogen) atoms. The van der Waals surface area contributed by atoms with Gasteiger partial charge in [-0.25, -0.2) is 0 Å². The van der Waals surface area contributed by atoms with Crippen LogP contribution < -0.4 is 4.74 Å². The molecule has 0 radical (unpaired) electrons. The zero-order chi connectivity index (χ0) is 13.7. The zero-order valence-electron chi connectivity index (χ0n) is 11.7. The largest absolute Gasteiger partial charge is 0.490 e. The van der Waals surface area contributed by atoms with Crippen molar-refractivity contribution < 1.29 is 14.6 Å². The van der Waals surface area contributed by atoms with Crippen LogP contribution in [0.2, 0.25) is 0 Å². The lowest BCUT2D eigenvalue weighted by molar-refractivity contribution is -0.0467. The van der Waals surface area contributed by atoms with Gasteiger partial charge in [-0.1, -0.05) is 25.1 Å². The van der Waals surface area contributed by atoms with Gasteiger partial charge in [0.2, 0.25) is 0 Å². The van der Waals surface area contributed by atoms with E-state index in [2.05, 4.69) is 11.8 Å². The van der Waals surface area contributed by atoms with Crippen molar-refractivity contribution in [3.63, 3.8) is 0 Å². The predicted molar refractivity (Wildman–Crippen MR) is 74.4 cm³/mol. The number of hydrogen-bond donors (Lipinski definition) is 1. The molecule has 2 atom stereocenters. The Morgan fingerprint density at radius 2 is 2.26 bits per heavy atom. The van der Waals surface area contributed by atoms with Crippen LogP contribution in [0.3, 0.4) is 0 Å². The Kier molecular flexibility index (Phi) is 5.19. The first-order valence-electron chi connectivity index (χ1n) is 6.94. The first-order valence-corrected chi connectivity index (χ1v) is 6.94. The number of rotatable bonds is 5. The van der Waals surface area contributed by atoms with E-state index in [9.17, 15) is 5.11 Å². The molecule has 1 N–H and O–H groups in total. The Bertz CT molecular complexity index is 395. The van der Waals surface area contributed by atoms with Gasteiger partial charge in [-0.3, -0.25) is 4.90 Å². The summed E-state index contributed by atoms with van der Waals surface area (Å²) in [5, 5.41) is 9.70. The van der Waals surface area contributed by atoms with Crippen LogP contribution in [-0.4, -0.2) is 49.0 Å². The molecule has 1 aliphatic rings. The molecule has 1 heterocycles. The monoisotopic (exact) mass is 265 g/mol. The van der Waals surface area contributed by atoms with Crippen molar-refractivity contribution in [1.82, 2.24) is 4.90 Å². The van der Waals surface area contributed by atoms with E-state index in [4.69, 9.17) is 9.47 Å². The van der Waals surface area contributed by atoms with Gasteiger partial charge in [-0.05, 0) is 19.5 Å². The summed E-state index contributed by atoms with van der Waals surface area (Å²) in [5.74, 6) is 0.745. The minimum atomic E-state index is -0.518. The number of likely N-dealkylation sites (N-methyl/N-ethyl adjacent to an activating group) is 1. The highest BCUT2D eigenvalue weighted by Crippen LogP contribution is 2.24. The van der Waals surface area contributed by atoms with Crippen molar-refractivity contribution in [2.45, 2.75) is 26.1 Å². The van der Waals surface area contributed by atoms with E-state index in [0.29, 0.717) is 6.61 Å². The fourth-order valence-corrected chi connectivity index (χ4v) is 2.31. The molecular weight excluding hydrogens is 242 g/mol. The van der Waals surface area contributed by atoms with Gasteiger partial charge in [0.25, 0.3) is 0 Å². The normalized spacial score (nSPS) is 22.2. The van der Waals surface area contributed by atoms with Crippen molar-refractivity contribution in [2.75, 3.05) is 32.8 Å². The average molecular weight is 265 g/mol. The van der Waals surface area contributed by atoms with Crippen LogP contribution >= 0.6 is 0 Å². The second-order valence-corrected chi connectivity index (χ2v) is 4.91. The maximum Gasteiger partial charge on any atom is 0.125 e. The lowest BCUT2D eigenvalue weighted by atomic mass is 10.1. The fourth-order valence-electron chi connectivity index (χ4n) is 2.31. The second-order valence-electron chi connectivity index (χ2n) is 4.91. The van der Waals surface area contributed by atoms with E-state index in [1.165, 1.54) is 0 Å². The number of ether oxygens (including phenoxy) is 2. The summed E-state index contributed by atoms with van der Waals surface area (Å²) < 4.78 is 11.5. The predicted octanol–water partition coefficient (Wildman–Crippen LogP) is 1.84.